The third-order valence-corrected chi connectivity index (χ3v) is 5.04. The van der Waals surface area contributed by atoms with E-state index in [0.29, 0.717) is 28.4 Å². The Morgan fingerprint density at radius 1 is 0.969 bits per heavy atom. The Morgan fingerprint density at radius 3 is 2.25 bits per heavy atom. The Bertz CT molecular complexity index is 1140. The van der Waals surface area contributed by atoms with E-state index in [1.807, 2.05) is 11.5 Å². The van der Waals surface area contributed by atoms with Crippen LogP contribution in [0.1, 0.15) is 28.7 Å². The van der Waals surface area contributed by atoms with Crippen molar-refractivity contribution in [1.29, 1.82) is 0 Å². The Kier molecular flexibility index (Phi) is 6.82. The summed E-state index contributed by atoms with van der Waals surface area (Å²) in [5, 5.41) is 2.69. The minimum Gasteiger partial charge on any atom is -0.493 e. The van der Waals surface area contributed by atoms with E-state index in [0.717, 1.165) is 11.4 Å². The Hall–Kier alpha value is -3.81. The van der Waals surface area contributed by atoms with Gasteiger partial charge in [-0.05, 0) is 63.2 Å². The molecule has 1 unspecified atom stereocenters. The van der Waals surface area contributed by atoms with Crippen molar-refractivity contribution in [2.24, 2.45) is 0 Å². The summed E-state index contributed by atoms with van der Waals surface area (Å²) in [6, 6.07) is 12.6. The van der Waals surface area contributed by atoms with Crippen molar-refractivity contribution >= 4 is 17.6 Å². The Balaban J connectivity index is 1.72. The lowest BCUT2D eigenvalue weighted by Gasteiger charge is -2.15. The van der Waals surface area contributed by atoms with Crippen LogP contribution in [0.4, 0.5) is 10.1 Å². The predicted molar refractivity (Wildman–Crippen MR) is 118 cm³/mol. The molecule has 8 heteroatoms. The molecule has 0 radical (unpaired) electrons. The molecule has 1 N–H and O–H groups in total. The number of esters is 1. The number of hydrogen-bond acceptors (Lipinski definition) is 5. The van der Waals surface area contributed by atoms with Crippen molar-refractivity contribution in [1.82, 2.24) is 4.57 Å². The fraction of sp³-hybridized carbons (Fsp3) is 0.250. The lowest BCUT2D eigenvalue weighted by atomic mass is 10.2. The van der Waals surface area contributed by atoms with Gasteiger partial charge in [-0.15, -0.1) is 0 Å². The van der Waals surface area contributed by atoms with Crippen LogP contribution in [0.15, 0.2) is 48.5 Å². The first-order valence-corrected chi connectivity index (χ1v) is 9.94. The van der Waals surface area contributed by atoms with Gasteiger partial charge in [0.15, 0.2) is 17.6 Å². The number of nitrogens with one attached hydrogen (secondary N) is 1. The lowest BCUT2D eigenvalue weighted by molar-refractivity contribution is -0.123. The number of anilines is 1. The second-order valence-electron chi connectivity index (χ2n) is 7.20. The molecule has 1 heterocycles. The van der Waals surface area contributed by atoms with Crippen LogP contribution in [0.3, 0.4) is 0 Å². The standard InChI is InChI=1S/C24H25FN2O5/c1-14-12-20(15(2)27(14)19-9-6-17(25)7-10-19)24(29)32-16(3)23(28)26-18-8-11-21(30-4)22(13-18)31-5/h6-13,16H,1-5H3,(H,26,28). The number of rotatable bonds is 7. The molecule has 0 aliphatic heterocycles. The molecule has 1 atom stereocenters. The van der Waals surface area contributed by atoms with Crippen LogP contribution in [0.25, 0.3) is 5.69 Å². The maximum absolute atomic E-state index is 13.3. The van der Waals surface area contributed by atoms with Crippen LogP contribution >= 0.6 is 0 Å². The first-order valence-electron chi connectivity index (χ1n) is 9.94. The van der Waals surface area contributed by atoms with Crippen LogP contribution in [0.2, 0.25) is 0 Å². The molecule has 0 spiro atoms. The molecule has 0 fully saturated rings. The second kappa shape index (κ2) is 9.55. The van der Waals surface area contributed by atoms with Gasteiger partial charge in [-0.3, -0.25) is 4.79 Å². The number of halogens is 1. The molecule has 0 saturated carbocycles. The number of hydrogen-bond donors (Lipinski definition) is 1. The molecule has 2 aromatic carbocycles. The summed E-state index contributed by atoms with van der Waals surface area (Å²) in [5.41, 5.74) is 2.94. The average molecular weight is 440 g/mol. The minimum absolute atomic E-state index is 0.331. The van der Waals surface area contributed by atoms with Crippen molar-refractivity contribution in [3.8, 4) is 17.2 Å². The predicted octanol–water partition coefficient (Wildman–Crippen LogP) is 4.43. The number of methoxy groups -OCH3 is 2. The molecule has 7 nitrogen and oxygen atoms in total. The summed E-state index contributed by atoms with van der Waals surface area (Å²) < 4.78 is 30.9. The molecular formula is C24H25FN2O5. The minimum atomic E-state index is -1.04. The molecule has 1 amide bonds. The number of carbonyl (C=O) groups is 2. The summed E-state index contributed by atoms with van der Waals surface area (Å²) in [7, 11) is 3.01. The molecule has 32 heavy (non-hydrogen) atoms. The van der Waals surface area contributed by atoms with Gasteiger partial charge in [-0.1, -0.05) is 0 Å². The smallest absolute Gasteiger partial charge is 0.340 e. The van der Waals surface area contributed by atoms with Gasteiger partial charge >= 0.3 is 5.97 Å². The van der Waals surface area contributed by atoms with Gasteiger partial charge in [0, 0.05) is 28.8 Å². The molecule has 0 bridgehead atoms. The second-order valence-corrected chi connectivity index (χ2v) is 7.20. The van der Waals surface area contributed by atoms with Gasteiger partial charge in [0.1, 0.15) is 5.82 Å². The van der Waals surface area contributed by atoms with Crippen molar-refractivity contribution in [2.45, 2.75) is 26.9 Å². The van der Waals surface area contributed by atoms with Gasteiger partial charge in [0.2, 0.25) is 0 Å². The monoisotopic (exact) mass is 440 g/mol. The molecule has 3 rings (SSSR count). The highest BCUT2D eigenvalue weighted by Gasteiger charge is 2.23. The van der Waals surface area contributed by atoms with Gasteiger partial charge in [0.05, 0.1) is 19.8 Å². The fourth-order valence-electron chi connectivity index (χ4n) is 3.39. The largest absolute Gasteiger partial charge is 0.493 e. The van der Waals surface area contributed by atoms with Gasteiger partial charge in [-0.25, -0.2) is 9.18 Å². The van der Waals surface area contributed by atoms with Crippen molar-refractivity contribution in [2.75, 3.05) is 19.5 Å². The maximum atomic E-state index is 13.3. The van der Waals surface area contributed by atoms with E-state index in [1.165, 1.54) is 33.3 Å². The number of benzene rings is 2. The molecule has 168 valence electrons. The van der Waals surface area contributed by atoms with Crippen LogP contribution < -0.4 is 14.8 Å². The van der Waals surface area contributed by atoms with E-state index in [9.17, 15) is 14.0 Å². The number of carbonyl (C=O) groups excluding carboxylic acids is 2. The number of nitrogens with zero attached hydrogens (tertiary/aromatic N) is 1. The first kappa shape index (κ1) is 22.9. The number of ether oxygens (including phenoxy) is 3. The van der Waals surface area contributed by atoms with Crippen LogP contribution in [-0.2, 0) is 9.53 Å². The maximum Gasteiger partial charge on any atom is 0.340 e. The molecule has 1 aromatic heterocycles. The lowest BCUT2D eigenvalue weighted by Crippen LogP contribution is -2.30. The normalized spacial score (nSPS) is 11.6. The molecule has 0 saturated heterocycles. The van der Waals surface area contributed by atoms with Crippen LogP contribution in [-0.4, -0.2) is 36.8 Å². The number of aryl methyl sites for hydroxylation is 1. The van der Waals surface area contributed by atoms with E-state index in [2.05, 4.69) is 5.32 Å². The summed E-state index contributed by atoms with van der Waals surface area (Å²) in [5.74, 6) is -0.464. The van der Waals surface area contributed by atoms with Crippen LogP contribution in [0, 0.1) is 19.7 Å². The highest BCUT2D eigenvalue weighted by Crippen LogP contribution is 2.30. The van der Waals surface area contributed by atoms with Crippen molar-refractivity contribution in [3.05, 3.63) is 71.3 Å². The van der Waals surface area contributed by atoms with E-state index in [4.69, 9.17) is 14.2 Å². The van der Waals surface area contributed by atoms with E-state index < -0.39 is 18.0 Å². The molecule has 3 aromatic rings. The van der Waals surface area contributed by atoms with Crippen molar-refractivity contribution in [3.63, 3.8) is 0 Å². The summed E-state index contributed by atoms with van der Waals surface area (Å²) in [4.78, 5) is 25.3. The fourth-order valence-corrected chi connectivity index (χ4v) is 3.39. The zero-order chi connectivity index (χ0) is 23.4. The summed E-state index contributed by atoms with van der Waals surface area (Å²) in [6.45, 7) is 5.09. The summed E-state index contributed by atoms with van der Waals surface area (Å²) in [6.07, 6.45) is -1.04. The third kappa shape index (κ3) is 4.74. The zero-order valence-corrected chi connectivity index (χ0v) is 18.6. The van der Waals surface area contributed by atoms with Gasteiger partial charge < -0.3 is 24.1 Å². The highest BCUT2D eigenvalue weighted by atomic mass is 19.1. The van der Waals surface area contributed by atoms with Gasteiger partial charge in [-0.2, -0.15) is 0 Å². The SMILES string of the molecule is COc1ccc(NC(=O)C(C)OC(=O)c2cc(C)n(-c3ccc(F)cc3)c2C)cc1OC. The topological polar surface area (TPSA) is 78.8 Å². The molecule has 0 aliphatic carbocycles. The number of aromatic nitrogens is 1. The third-order valence-electron chi connectivity index (χ3n) is 5.04. The quantitative estimate of drug-likeness (QED) is 0.550. The van der Waals surface area contributed by atoms with Crippen molar-refractivity contribution < 1.29 is 28.2 Å². The highest BCUT2D eigenvalue weighted by molar-refractivity contribution is 5.98. The Labute approximate surface area is 185 Å². The van der Waals surface area contributed by atoms with E-state index >= 15 is 0 Å². The first-order chi connectivity index (χ1) is 15.2. The molecule has 0 aliphatic rings. The summed E-state index contributed by atoms with van der Waals surface area (Å²) >= 11 is 0. The van der Waals surface area contributed by atoms with Crippen LogP contribution in [0.5, 0.6) is 11.5 Å². The molecular weight excluding hydrogens is 415 g/mol. The van der Waals surface area contributed by atoms with E-state index in [1.54, 1.807) is 43.3 Å². The van der Waals surface area contributed by atoms with Gasteiger partial charge in [0.25, 0.3) is 5.91 Å². The van der Waals surface area contributed by atoms with E-state index in [-0.39, 0.29) is 5.82 Å². The average Bonchev–Trinajstić information content (AvgIpc) is 3.08. The Morgan fingerprint density at radius 2 is 1.62 bits per heavy atom. The zero-order valence-electron chi connectivity index (χ0n) is 18.6. The number of amides is 1.